The minimum absolute atomic E-state index is 0.139. The fourth-order valence-corrected chi connectivity index (χ4v) is 2.49. The van der Waals surface area contributed by atoms with Crippen molar-refractivity contribution in [1.29, 1.82) is 0 Å². The molecule has 0 radical (unpaired) electrons. The maximum atomic E-state index is 10.7. The predicted octanol–water partition coefficient (Wildman–Crippen LogP) is 1.93. The van der Waals surface area contributed by atoms with Gasteiger partial charge >= 0.3 is 0 Å². The highest BCUT2D eigenvalue weighted by Crippen LogP contribution is 2.25. The molecule has 1 atom stereocenters. The second-order valence-electron chi connectivity index (χ2n) is 2.20. The SMILES string of the molecule is O=S(O)c1cc2nc(Cl)ncc2s1. The lowest BCUT2D eigenvalue weighted by atomic mass is 10.5. The summed E-state index contributed by atoms with van der Waals surface area (Å²) >= 11 is 4.77. The fraction of sp³-hybridized carbons (Fsp3) is 0. The summed E-state index contributed by atoms with van der Waals surface area (Å²) in [6.07, 6.45) is 1.53. The molecule has 1 unspecified atom stereocenters. The minimum Gasteiger partial charge on any atom is -0.302 e. The van der Waals surface area contributed by atoms with Crippen LogP contribution in [0.4, 0.5) is 0 Å². The van der Waals surface area contributed by atoms with Gasteiger partial charge in [-0.05, 0) is 17.7 Å². The number of halogens is 1. The van der Waals surface area contributed by atoms with E-state index in [9.17, 15) is 4.21 Å². The van der Waals surface area contributed by atoms with E-state index < -0.39 is 11.1 Å². The molecule has 0 bridgehead atoms. The Hall–Kier alpha value is -0.560. The Morgan fingerprint density at radius 2 is 2.38 bits per heavy atom. The zero-order chi connectivity index (χ0) is 9.42. The Balaban J connectivity index is 2.68. The van der Waals surface area contributed by atoms with E-state index in [1.807, 2.05) is 0 Å². The van der Waals surface area contributed by atoms with Crippen LogP contribution in [0.5, 0.6) is 0 Å². The van der Waals surface area contributed by atoms with Gasteiger partial charge in [0.25, 0.3) is 0 Å². The quantitative estimate of drug-likeness (QED) is 0.605. The molecule has 0 saturated heterocycles. The second kappa shape index (κ2) is 3.30. The number of hydrogen-bond donors (Lipinski definition) is 1. The summed E-state index contributed by atoms with van der Waals surface area (Å²) in [5.74, 6) is 0. The van der Waals surface area contributed by atoms with Crippen molar-refractivity contribution in [2.75, 3.05) is 0 Å². The van der Waals surface area contributed by atoms with Gasteiger partial charge in [0.05, 0.1) is 10.2 Å². The first-order valence-electron chi connectivity index (χ1n) is 3.20. The molecule has 0 aliphatic carbocycles. The summed E-state index contributed by atoms with van der Waals surface area (Å²) in [7, 11) is 0. The van der Waals surface area contributed by atoms with Crippen molar-refractivity contribution in [3.8, 4) is 0 Å². The van der Waals surface area contributed by atoms with Crippen LogP contribution >= 0.6 is 22.9 Å². The highest BCUT2D eigenvalue weighted by atomic mass is 35.5. The van der Waals surface area contributed by atoms with E-state index in [1.165, 1.54) is 23.6 Å². The summed E-state index contributed by atoms with van der Waals surface area (Å²) in [5, 5.41) is 0.139. The first-order chi connectivity index (χ1) is 6.16. The van der Waals surface area contributed by atoms with Gasteiger partial charge in [-0.15, -0.1) is 11.3 Å². The van der Waals surface area contributed by atoms with E-state index in [-0.39, 0.29) is 5.28 Å². The molecule has 1 N–H and O–H groups in total. The summed E-state index contributed by atoms with van der Waals surface area (Å²) in [4.78, 5) is 7.66. The molecule has 0 spiro atoms. The Bertz CT molecular complexity index is 484. The van der Waals surface area contributed by atoms with E-state index >= 15 is 0 Å². The zero-order valence-electron chi connectivity index (χ0n) is 6.10. The van der Waals surface area contributed by atoms with Gasteiger partial charge in [0.15, 0.2) is 11.1 Å². The van der Waals surface area contributed by atoms with Gasteiger partial charge in [0.1, 0.15) is 4.21 Å². The first-order valence-corrected chi connectivity index (χ1v) is 5.50. The van der Waals surface area contributed by atoms with Gasteiger partial charge in [0.2, 0.25) is 5.28 Å². The van der Waals surface area contributed by atoms with Crippen molar-refractivity contribution in [1.82, 2.24) is 9.97 Å². The minimum atomic E-state index is -1.96. The lowest BCUT2D eigenvalue weighted by Crippen LogP contribution is -1.80. The Labute approximate surface area is 84.9 Å². The molecule has 0 aromatic carbocycles. The summed E-state index contributed by atoms with van der Waals surface area (Å²) in [6, 6.07) is 1.53. The average Bonchev–Trinajstić information content (AvgIpc) is 2.46. The summed E-state index contributed by atoms with van der Waals surface area (Å²) < 4.78 is 20.6. The van der Waals surface area contributed by atoms with Crippen LogP contribution in [-0.4, -0.2) is 18.7 Å². The standard InChI is InChI=1S/C6H3ClN2O2S2/c7-6-8-2-4-3(9-6)1-5(12-4)13(10)11/h1-2H,(H,10,11). The molecule has 4 nitrogen and oxygen atoms in total. The third-order valence-corrected chi connectivity index (χ3v) is 3.57. The third kappa shape index (κ3) is 1.71. The smallest absolute Gasteiger partial charge is 0.222 e. The first kappa shape index (κ1) is 9.01. The Morgan fingerprint density at radius 1 is 1.62 bits per heavy atom. The molecule has 0 amide bonds. The molecule has 0 aliphatic rings. The number of nitrogens with zero attached hydrogens (tertiary/aromatic N) is 2. The molecule has 0 aliphatic heterocycles. The molecule has 7 heteroatoms. The topological polar surface area (TPSA) is 63.1 Å². The van der Waals surface area contributed by atoms with E-state index in [4.69, 9.17) is 16.2 Å². The van der Waals surface area contributed by atoms with Crippen molar-refractivity contribution >= 4 is 44.2 Å². The fourth-order valence-electron chi connectivity index (χ4n) is 0.879. The number of rotatable bonds is 1. The normalized spacial score (nSPS) is 13.4. The molecule has 0 saturated carbocycles. The largest absolute Gasteiger partial charge is 0.302 e. The van der Waals surface area contributed by atoms with E-state index in [1.54, 1.807) is 0 Å². The van der Waals surface area contributed by atoms with Gasteiger partial charge in [-0.2, -0.15) is 0 Å². The zero-order valence-corrected chi connectivity index (χ0v) is 8.49. The lowest BCUT2D eigenvalue weighted by Gasteiger charge is -1.86. The van der Waals surface area contributed by atoms with Crippen LogP contribution in [0, 0.1) is 0 Å². The van der Waals surface area contributed by atoms with Crippen molar-refractivity contribution in [2.45, 2.75) is 4.21 Å². The predicted molar refractivity (Wildman–Crippen MR) is 51.5 cm³/mol. The van der Waals surface area contributed by atoms with Crippen molar-refractivity contribution in [2.24, 2.45) is 0 Å². The van der Waals surface area contributed by atoms with Crippen LogP contribution < -0.4 is 0 Å². The summed E-state index contributed by atoms with van der Waals surface area (Å²) in [5.41, 5.74) is 0.599. The Morgan fingerprint density at radius 3 is 3.08 bits per heavy atom. The van der Waals surface area contributed by atoms with E-state index in [0.717, 1.165) is 4.70 Å². The van der Waals surface area contributed by atoms with Gasteiger partial charge in [0, 0.05) is 6.20 Å². The van der Waals surface area contributed by atoms with E-state index in [2.05, 4.69) is 9.97 Å². The van der Waals surface area contributed by atoms with Crippen LogP contribution in [-0.2, 0) is 11.1 Å². The molecule has 2 heterocycles. The van der Waals surface area contributed by atoms with E-state index in [0.29, 0.717) is 9.73 Å². The highest BCUT2D eigenvalue weighted by Gasteiger charge is 2.07. The second-order valence-corrected chi connectivity index (χ2v) is 4.82. The van der Waals surface area contributed by atoms with Gasteiger partial charge < -0.3 is 4.55 Å². The molecule has 13 heavy (non-hydrogen) atoms. The van der Waals surface area contributed by atoms with Gasteiger partial charge in [-0.3, -0.25) is 0 Å². The molecular weight excluding hydrogens is 232 g/mol. The van der Waals surface area contributed by atoms with Crippen molar-refractivity contribution in [3.05, 3.63) is 17.5 Å². The molecule has 2 aromatic heterocycles. The maximum absolute atomic E-state index is 10.7. The number of aromatic nitrogens is 2. The molecular formula is C6H3ClN2O2S2. The van der Waals surface area contributed by atoms with Gasteiger partial charge in [-0.1, -0.05) is 0 Å². The van der Waals surface area contributed by atoms with Crippen LogP contribution in [0.2, 0.25) is 5.28 Å². The average molecular weight is 235 g/mol. The van der Waals surface area contributed by atoms with Crippen LogP contribution in [0.1, 0.15) is 0 Å². The number of hydrogen-bond acceptors (Lipinski definition) is 4. The van der Waals surface area contributed by atoms with Crippen LogP contribution in [0.25, 0.3) is 10.2 Å². The van der Waals surface area contributed by atoms with Gasteiger partial charge in [-0.25, -0.2) is 14.2 Å². The number of thiophene rings is 1. The van der Waals surface area contributed by atoms with Crippen LogP contribution in [0.3, 0.4) is 0 Å². The molecule has 2 aromatic rings. The molecule has 0 fully saturated rings. The Kier molecular flexibility index (Phi) is 2.29. The number of fused-ring (bicyclic) bond motifs is 1. The van der Waals surface area contributed by atoms with Crippen LogP contribution in [0.15, 0.2) is 16.5 Å². The highest BCUT2D eigenvalue weighted by molar-refractivity contribution is 7.82. The molecule has 68 valence electrons. The molecule has 2 rings (SSSR count). The lowest BCUT2D eigenvalue weighted by molar-refractivity contribution is 0.566. The summed E-state index contributed by atoms with van der Waals surface area (Å²) in [6.45, 7) is 0. The third-order valence-electron chi connectivity index (χ3n) is 1.39. The monoisotopic (exact) mass is 234 g/mol. The maximum Gasteiger partial charge on any atom is 0.222 e. The van der Waals surface area contributed by atoms with Crippen molar-refractivity contribution in [3.63, 3.8) is 0 Å². The van der Waals surface area contributed by atoms with Crippen molar-refractivity contribution < 1.29 is 8.76 Å².